The number of para-hydroxylation sites is 1. The number of piperidine rings is 1. The maximum absolute atomic E-state index is 11.9. The maximum Gasteiger partial charge on any atom is 0.309 e. The van der Waals surface area contributed by atoms with E-state index in [4.69, 9.17) is 4.74 Å². The van der Waals surface area contributed by atoms with Crippen LogP contribution in [-0.2, 0) is 9.53 Å². The quantitative estimate of drug-likeness (QED) is 0.816. The summed E-state index contributed by atoms with van der Waals surface area (Å²) in [6, 6.07) is 10.1. The number of nitriles is 1. The van der Waals surface area contributed by atoms with Gasteiger partial charge < -0.3 is 9.64 Å². The van der Waals surface area contributed by atoms with E-state index in [2.05, 4.69) is 16.0 Å². The fourth-order valence-electron chi connectivity index (χ4n) is 3.15. The number of carbonyl (C=O) groups excluding carboxylic acids is 1. The lowest BCUT2D eigenvalue weighted by Crippen LogP contribution is -2.37. The van der Waals surface area contributed by atoms with Gasteiger partial charge in [0.25, 0.3) is 0 Å². The number of aromatic nitrogens is 1. The molecule has 1 saturated heterocycles. The second-order valence-corrected chi connectivity index (χ2v) is 5.66. The monoisotopic (exact) mass is 309 g/mol. The number of ether oxygens (including phenoxy) is 1. The Morgan fingerprint density at radius 2 is 2.13 bits per heavy atom. The van der Waals surface area contributed by atoms with E-state index in [0.29, 0.717) is 12.2 Å². The van der Waals surface area contributed by atoms with Crippen LogP contribution in [0, 0.1) is 17.2 Å². The van der Waals surface area contributed by atoms with Crippen LogP contribution in [0.5, 0.6) is 0 Å². The van der Waals surface area contributed by atoms with Gasteiger partial charge in [0.2, 0.25) is 0 Å². The van der Waals surface area contributed by atoms with Crippen molar-refractivity contribution in [3.8, 4) is 6.07 Å². The standard InChI is InChI=1S/C18H19N3O2/c1-2-23-18(22)13-7-9-21(10-8-13)17-14(11-19)12-20-16-6-4-3-5-15(16)17/h3-6,12-13H,2,7-10H2,1H3. The first-order chi connectivity index (χ1) is 11.2. The van der Waals surface area contributed by atoms with Gasteiger partial charge in [-0.15, -0.1) is 0 Å². The van der Waals surface area contributed by atoms with E-state index >= 15 is 0 Å². The highest BCUT2D eigenvalue weighted by Crippen LogP contribution is 2.32. The predicted octanol–water partition coefficient (Wildman–Crippen LogP) is 2.89. The first-order valence-electron chi connectivity index (χ1n) is 7.94. The molecule has 1 fully saturated rings. The molecule has 0 N–H and O–H groups in total. The van der Waals surface area contributed by atoms with E-state index < -0.39 is 0 Å². The lowest BCUT2D eigenvalue weighted by atomic mass is 9.95. The van der Waals surface area contributed by atoms with Crippen molar-refractivity contribution in [2.75, 3.05) is 24.6 Å². The van der Waals surface area contributed by atoms with Gasteiger partial charge in [-0.2, -0.15) is 5.26 Å². The SMILES string of the molecule is CCOC(=O)C1CCN(c2c(C#N)cnc3ccccc23)CC1. The highest BCUT2D eigenvalue weighted by Gasteiger charge is 2.27. The van der Waals surface area contributed by atoms with Gasteiger partial charge in [0.1, 0.15) is 6.07 Å². The van der Waals surface area contributed by atoms with Crippen molar-refractivity contribution in [3.63, 3.8) is 0 Å². The number of rotatable bonds is 3. The highest BCUT2D eigenvalue weighted by atomic mass is 16.5. The number of anilines is 1. The largest absolute Gasteiger partial charge is 0.466 e. The molecule has 0 atom stereocenters. The molecule has 0 spiro atoms. The van der Waals surface area contributed by atoms with E-state index in [1.807, 2.05) is 31.2 Å². The Balaban J connectivity index is 1.87. The van der Waals surface area contributed by atoms with Crippen LogP contribution in [0.15, 0.2) is 30.5 Å². The van der Waals surface area contributed by atoms with Crippen LogP contribution in [0.3, 0.4) is 0 Å². The molecule has 1 aliphatic rings. The average Bonchev–Trinajstić information content (AvgIpc) is 2.61. The van der Waals surface area contributed by atoms with Crippen LogP contribution in [0.4, 0.5) is 5.69 Å². The molecular weight excluding hydrogens is 290 g/mol. The van der Waals surface area contributed by atoms with E-state index in [9.17, 15) is 10.1 Å². The predicted molar refractivity (Wildman–Crippen MR) is 88.0 cm³/mol. The smallest absolute Gasteiger partial charge is 0.309 e. The molecule has 1 aromatic heterocycles. The first-order valence-corrected chi connectivity index (χ1v) is 7.94. The molecule has 2 aromatic rings. The number of hydrogen-bond acceptors (Lipinski definition) is 5. The molecule has 0 unspecified atom stereocenters. The molecule has 2 heterocycles. The number of fused-ring (bicyclic) bond motifs is 1. The molecule has 0 saturated carbocycles. The van der Waals surface area contributed by atoms with Crippen LogP contribution >= 0.6 is 0 Å². The summed E-state index contributed by atoms with van der Waals surface area (Å²) < 4.78 is 5.12. The minimum absolute atomic E-state index is 0.0372. The van der Waals surface area contributed by atoms with Crippen molar-refractivity contribution >= 4 is 22.6 Å². The highest BCUT2D eigenvalue weighted by molar-refractivity contribution is 5.94. The summed E-state index contributed by atoms with van der Waals surface area (Å²) in [5.41, 5.74) is 2.40. The maximum atomic E-state index is 11.9. The van der Waals surface area contributed by atoms with Crippen LogP contribution in [0.25, 0.3) is 10.9 Å². The van der Waals surface area contributed by atoms with E-state index in [-0.39, 0.29) is 11.9 Å². The normalized spacial score (nSPS) is 15.4. The minimum Gasteiger partial charge on any atom is -0.466 e. The summed E-state index contributed by atoms with van der Waals surface area (Å²) in [5, 5.41) is 10.4. The topological polar surface area (TPSA) is 66.2 Å². The number of nitrogens with zero attached hydrogens (tertiary/aromatic N) is 3. The van der Waals surface area contributed by atoms with Crippen LogP contribution < -0.4 is 4.90 Å². The van der Waals surface area contributed by atoms with Crippen LogP contribution in [-0.4, -0.2) is 30.6 Å². The Morgan fingerprint density at radius 3 is 2.83 bits per heavy atom. The Labute approximate surface area is 135 Å². The van der Waals surface area contributed by atoms with Crippen molar-refractivity contribution in [3.05, 3.63) is 36.0 Å². The number of hydrogen-bond donors (Lipinski definition) is 0. The summed E-state index contributed by atoms with van der Waals surface area (Å²) in [5.74, 6) is -0.142. The molecule has 118 valence electrons. The average molecular weight is 309 g/mol. The molecule has 0 radical (unpaired) electrons. The summed E-state index contributed by atoms with van der Waals surface area (Å²) in [6.07, 6.45) is 3.13. The van der Waals surface area contributed by atoms with Crippen LogP contribution in [0.2, 0.25) is 0 Å². The van der Waals surface area contributed by atoms with E-state index in [1.165, 1.54) is 0 Å². The second kappa shape index (κ2) is 6.66. The molecule has 5 nitrogen and oxygen atoms in total. The molecule has 1 aliphatic heterocycles. The number of carbonyl (C=O) groups is 1. The fraction of sp³-hybridized carbons (Fsp3) is 0.389. The Morgan fingerprint density at radius 1 is 1.39 bits per heavy atom. The first kappa shape index (κ1) is 15.3. The van der Waals surface area contributed by atoms with Gasteiger partial charge in [-0.25, -0.2) is 0 Å². The molecule has 0 bridgehead atoms. The number of esters is 1. The second-order valence-electron chi connectivity index (χ2n) is 5.66. The van der Waals surface area contributed by atoms with Gasteiger partial charge in [-0.1, -0.05) is 18.2 Å². The third-order valence-corrected chi connectivity index (χ3v) is 4.30. The van der Waals surface area contributed by atoms with Crippen molar-refractivity contribution in [1.29, 1.82) is 5.26 Å². The van der Waals surface area contributed by atoms with Gasteiger partial charge in [0.05, 0.1) is 29.3 Å². The summed E-state index contributed by atoms with van der Waals surface area (Å²) in [4.78, 5) is 18.4. The zero-order valence-electron chi connectivity index (χ0n) is 13.2. The third kappa shape index (κ3) is 2.98. The number of benzene rings is 1. The van der Waals surface area contributed by atoms with Gasteiger partial charge in [0.15, 0.2) is 0 Å². The zero-order valence-corrected chi connectivity index (χ0v) is 13.2. The zero-order chi connectivity index (χ0) is 16.2. The summed E-state index contributed by atoms with van der Waals surface area (Å²) in [6.45, 7) is 3.74. The minimum atomic E-state index is -0.104. The van der Waals surface area contributed by atoms with Crippen molar-refractivity contribution in [2.24, 2.45) is 5.92 Å². The van der Waals surface area contributed by atoms with Crippen molar-refractivity contribution in [1.82, 2.24) is 4.98 Å². The van der Waals surface area contributed by atoms with Gasteiger partial charge in [0, 0.05) is 24.7 Å². The Bertz CT molecular complexity index is 758. The lowest BCUT2D eigenvalue weighted by Gasteiger charge is -2.33. The third-order valence-electron chi connectivity index (χ3n) is 4.30. The Hall–Kier alpha value is -2.61. The Kier molecular flexibility index (Phi) is 4.42. The molecule has 0 aliphatic carbocycles. The van der Waals surface area contributed by atoms with Crippen LogP contribution in [0.1, 0.15) is 25.3 Å². The summed E-state index contributed by atoms with van der Waals surface area (Å²) in [7, 11) is 0. The van der Waals surface area contributed by atoms with Crippen molar-refractivity contribution < 1.29 is 9.53 Å². The lowest BCUT2D eigenvalue weighted by molar-refractivity contribution is -0.148. The van der Waals surface area contributed by atoms with Gasteiger partial charge in [-0.05, 0) is 25.8 Å². The van der Waals surface area contributed by atoms with E-state index in [1.54, 1.807) is 6.20 Å². The molecular formula is C18H19N3O2. The molecule has 1 aromatic carbocycles. The number of pyridine rings is 1. The van der Waals surface area contributed by atoms with Gasteiger partial charge >= 0.3 is 5.97 Å². The summed E-state index contributed by atoms with van der Waals surface area (Å²) >= 11 is 0. The molecule has 5 heteroatoms. The van der Waals surface area contributed by atoms with E-state index in [0.717, 1.165) is 42.5 Å². The fourth-order valence-corrected chi connectivity index (χ4v) is 3.15. The molecule has 3 rings (SSSR count). The molecule has 0 amide bonds. The molecule has 23 heavy (non-hydrogen) atoms. The van der Waals surface area contributed by atoms with Crippen molar-refractivity contribution in [2.45, 2.75) is 19.8 Å². The van der Waals surface area contributed by atoms with Gasteiger partial charge in [-0.3, -0.25) is 9.78 Å².